The lowest BCUT2D eigenvalue weighted by molar-refractivity contribution is 0.641. The molecule has 0 amide bonds. The minimum atomic E-state index is -0.291. The summed E-state index contributed by atoms with van der Waals surface area (Å²) in [5.41, 5.74) is 1.70. The van der Waals surface area contributed by atoms with Crippen LogP contribution in [0.3, 0.4) is 0 Å². The maximum absolute atomic E-state index is 13.7. The second-order valence-corrected chi connectivity index (χ2v) is 5.89. The number of anilines is 2. The van der Waals surface area contributed by atoms with Crippen molar-refractivity contribution in [2.75, 3.05) is 5.32 Å². The summed E-state index contributed by atoms with van der Waals surface area (Å²) in [5, 5.41) is 17.0. The Morgan fingerprint density at radius 1 is 1.25 bits per heavy atom. The summed E-state index contributed by atoms with van der Waals surface area (Å²) in [6.07, 6.45) is 4.89. The Morgan fingerprint density at radius 3 is 3.00 bits per heavy atom. The van der Waals surface area contributed by atoms with E-state index in [0.29, 0.717) is 32.4 Å². The van der Waals surface area contributed by atoms with Crippen LogP contribution in [0, 0.1) is 17.1 Å². The molecule has 0 saturated carbocycles. The molecular weight excluding hydrogens is 327 g/mol. The third-order valence-corrected chi connectivity index (χ3v) is 4.32. The number of halogens is 1. The number of nitrogens with zero attached hydrogens (tertiary/aromatic N) is 5. The summed E-state index contributed by atoms with van der Waals surface area (Å²) in [7, 11) is 0. The highest BCUT2D eigenvalue weighted by Crippen LogP contribution is 2.30. The lowest BCUT2D eigenvalue weighted by Crippen LogP contribution is -2.00. The van der Waals surface area contributed by atoms with Gasteiger partial charge in [0.1, 0.15) is 11.9 Å². The number of rotatable bonds is 3. The molecule has 3 heterocycles. The fraction of sp³-hybridized carbons (Fsp3) is 0. The number of fused-ring (bicyclic) bond motifs is 1. The number of hydrogen-bond acceptors (Lipinski definition) is 6. The van der Waals surface area contributed by atoms with Gasteiger partial charge in [-0.25, -0.2) is 19.0 Å². The molecule has 0 atom stereocenters. The van der Waals surface area contributed by atoms with Crippen LogP contribution in [-0.4, -0.2) is 19.7 Å². The monoisotopic (exact) mass is 336 g/mol. The van der Waals surface area contributed by atoms with Crippen LogP contribution in [0.4, 0.5) is 15.2 Å². The molecule has 0 unspecified atom stereocenters. The van der Waals surface area contributed by atoms with E-state index in [-0.39, 0.29) is 5.82 Å². The van der Waals surface area contributed by atoms with Gasteiger partial charge in [-0.1, -0.05) is 17.4 Å². The number of pyridine rings is 1. The van der Waals surface area contributed by atoms with E-state index in [1.807, 2.05) is 0 Å². The van der Waals surface area contributed by atoms with Gasteiger partial charge in [0.05, 0.1) is 33.9 Å². The molecule has 0 bridgehead atoms. The predicted octanol–water partition coefficient (Wildman–Crippen LogP) is 3.63. The standard InChI is InChI=1S/C16H9FN6S/c17-12-4-1-5-13-14(12)24-16(22-13)21-11-8-20-23(9-11)15-10(7-18)3-2-6-19-15/h1-6,8-9H,(H,21,22). The Morgan fingerprint density at radius 2 is 2.17 bits per heavy atom. The van der Waals surface area contributed by atoms with E-state index in [4.69, 9.17) is 5.26 Å². The van der Waals surface area contributed by atoms with Crippen molar-refractivity contribution in [2.24, 2.45) is 0 Å². The van der Waals surface area contributed by atoms with Gasteiger partial charge in [-0.3, -0.25) is 0 Å². The molecule has 0 aliphatic rings. The van der Waals surface area contributed by atoms with Crippen molar-refractivity contribution in [1.29, 1.82) is 5.26 Å². The van der Waals surface area contributed by atoms with Gasteiger partial charge in [0.15, 0.2) is 10.9 Å². The average Bonchev–Trinajstić information content (AvgIpc) is 3.22. The first kappa shape index (κ1) is 14.3. The summed E-state index contributed by atoms with van der Waals surface area (Å²) in [5.74, 6) is 0.157. The summed E-state index contributed by atoms with van der Waals surface area (Å²) < 4.78 is 15.7. The van der Waals surface area contributed by atoms with Crippen LogP contribution in [0.25, 0.3) is 16.0 Å². The number of nitrogens with one attached hydrogen (secondary N) is 1. The summed E-state index contributed by atoms with van der Waals surface area (Å²) in [4.78, 5) is 8.52. The Balaban J connectivity index is 1.65. The number of aromatic nitrogens is 4. The first-order chi connectivity index (χ1) is 11.7. The zero-order valence-electron chi connectivity index (χ0n) is 12.1. The van der Waals surface area contributed by atoms with E-state index in [9.17, 15) is 4.39 Å². The zero-order chi connectivity index (χ0) is 16.5. The summed E-state index contributed by atoms with van der Waals surface area (Å²) >= 11 is 1.23. The van der Waals surface area contributed by atoms with E-state index in [1.54, 1.807) is 42.9 Å². The van der Waals surface area contributed by atoms with Gasteiger partial charge >= 0.3 is 0 Å². The molecule has 1 N–H and O–H groups in total. The van der Waals surface area contributed by atoms with Crippen LogP contribution < -0.4 is 5.32 Å². The molecule has 24 heavy (non-hydrogen) atoms. The topological polar surface area (TPSA) is 79.4 Å². The molecule has 0 radical (unpaired) electrons. The smallest absolute Gasteiger partial charge is 0.188 e. The van der Waals surface area contributed by atoms with Gasteiger partial charge in [0.25, 0.3) is 0 Å². The fourth-order valence-electron chi connectivity index (χ4n) is 2.26. The minimum Gasteiger partial charge on any atom is -0.329 e. The fourth-order valence-corrected chi connectivity index (χ4v) is 3.15. The maximum Gasteiger partial charge on any atom is 0.188 e. The minimum absolute atomic E-state index is 0.291. The first-order valence-corrected chi connectivity index (χ1v) is 7.78. The quantitative estimate of drug-likeness (QED) is 0.618. The number of hydrogen-bond donors (Lipinski definition) is 1. The lowest BCUT2D eigenvalue weighted by Gasteiger charge is -2.01. The molecule has 4 rings (SSSR count). The third-order valence-electron chi connectivity index (χ3n) is 3.32. The van der Waals surface area contributed by atoms with Crippen LogP contribution in [-0.2, 0) is 0 Å². The van der Waals surface area contributed by atoms with Crippen molar-refractivity contribution in [2.45, 2.75) is 0 Å². The van der Waals surface area contributed by atoms with Crippen molar-refractivity contribution in [3.63, 3.8) is 0 Å². The van der Waals surface area contributed by atoms with Crippen LogP contribution in [0.15, 0.2) is 48.9 Å². The molecule has 8 heteroatoms. The summed E-state index contributed by atoms with van der Waals surface area (Å²) in [6.45, 7) is 0. The Labute approximate surface area is 139 Å². The van der Waals surface area contributed by atoms with Crippen molar-refractivity contribution < 1.29 is 4.39 Å². The average molecular weight is 336 g/mol. The molecule has 6 nitrogen and oxygen atoms in total. The summed E-state index contributed by atoms with van der Waals surface area (Å²) in [6, 6.07) is 10.2. The van der Waals surface area contributed by atoms with E-state index in [0.717, 1.165) is 0 Å². The number of benzene rings is 1. The van der Waals surface area contributed by atoms with Crippen LogP contribution >= 0.6 is 11.3 Å². The molecule has 0 aliphatic carbocycles. The second-order valence-electron chi connectivity index (χ2n) is 4.89. The first-order valence-electron chi connectivity index (χ1n) is 6.97. The third kappa shape index (κ3) is 2.47. The molecule has 0 aliphatic heterocycles. The molecule has 4 aromatic rings. The van der Waals surface area contributed by atoms with E-state index < -0.39 is 0 Å². The van der Waals surface area contributed by atoms with Gasteiger partial charge in [-0.15, -0.1) is 0 Å². The van der Waals surface area contributed by atoms with Gasteiger partial charge < -0.3 is 5.32 Å². The van der Waals surface area contributed by atoms with Crippen molar-refractivity contribution in [1.82, 2.24) is 19.7 Å². The van der Waals surface area contributed by atoms with Crippen molar-refractivity contribution >= 4 is 32.4 Å². The molecule has 116 valence electrons. The van der Waals surface area contributed by atoms with Gasteiger partial charge in [0, 0.05) is 6.20 Å². The van der Waals surface area contributed by atoms with Crippen LogP contribution in [0.2, 0.25) is 0 Å². The second kappa shape index (κ2) is 5.72. The molecule has 1 aromatic carbocycles. The van der Waals surface area contributed by atoms with Crippen LogP contribution in [0.5, 0.6) is 0 Å². The number of nitriles is 1. The highest BCUT2D eigenvalue weighted by Gasteiger charge is 2.10. The molecule has 0 saturated heterocycles. The molecular formula is C16H9FN6S. The van der Waals surface area contributed by atoms with E-state index >= 15 is 0 Å². The lowest BCUT2D eigenvalue weighted by atomic mass is 10.3. The van der Waals surface area contributed by atoms with E-state index in [2.05, 4.69) is 26.5 Å². The molecule has 0 spiro atoms. The van der Waals surface area contributed by atoms with E-state index in [1.165, 1.54) is 22.1 Å². The highest BCUT2D eigenvalue weighted by molar-refractivity contribution is 7.22. The molecule has 0 fully saturated rings. The van der Waals surface area contributed by atoms with Crippen molar-refractivity contribution in [3.05, 3.63) is 60.3 Å². The Bertz CT molecular complexity index is 1080. The Kier molecular flexibility index (Phi) is 3.40. The SMILES string of the molecule is N#Cc1cccnc1-n1cc(Nc2nc3cccc(F)c3s2)cn1. The van der Waals surface area contributed by atoms with Gasteiger partial charge in [-0.05, 0) is 24.3 Å². The maximum atomic E-state index is 13.7. The van der Waals surface area contributed by atoms with Crippen molar-refractivity contribution in [3.8, 4) is 11.9 Å². The van der Waals surface area contributed by atoms with Gasteiger partial charge in [0.2, 0.25) is 0 Å². The number of thiazole rings is 1. The Hall–Kier alpha value is -3.31. The normalized spacial score (nSPS) is 10.7. The largest absolute Gasteiger partial charge is 0.329 e. The van der Waals surface area contributed by atoms with Crippen LogP contribution in [0.1, 0.15) is 5.56 Å². The molecule has 3 aromatic heterocycles. The zero-order valence-corrected chi connectivity index (χ0v) is 13.0. The predicted molar refractivity (Wildman–Crippen MR) is 88.9 cm³/mol. The highest BCUT2D eigenvalue weighted by atomic mass is 32.1. The van der Waals surface area contributed by atoms with Gasteiger partial charge in [-0.2, -0.15) is 10.4 Å².